The van der Waals surface area contributed by atoms with E-state index in [0.717, 1.165) is 31.8 Å². The minimum absolute atomic E-state index is 0.111. The molecule has 0 aliphatic carbocycles. The van der Waals surface area contributed by atoms with Crippen molar-refractivity contribution >= 4 is 10.0 Å². The van der Waals surface area contributed by atoms with Gasteiger partial charge in [-0.25, -0.2) is 18.1 Å². The molecule has 1 aromatic heterocycles. The zero-order valence-corrected chi connectivity index (χ0v) is 13.2. The van der Waals surface area contributed by atoms with Gasteiger partial charge in [0, 0.05) is 25.3 Å². The van der Waals surface area contributed by atoms with Crippen LogP contribution in [0.3, 0.4) is 0 Å². The van der Waals surface area contributed by atoms with Crippen molar-refractivity contribution in [3.05, 3.63) is 12.0 Å². The van der Waals surface area contributed by atoms with Crippen LogP contribution in [-0.4, -0.2) is 37.1 Å². The molecule has 0 bridgehead atoms. The number of aromatic nitrogens is 2. The molecule has 1 aliphatic rings. The second-order valence-corrected chi connectivity index (χ2v) is 7.16. The summed E-state index contributed by atoms with van der Waals surface area (Å²) in [5, 5.41) is 3.48. The summed E-state index contributed by atoms with van der Waals surface area (Å²) >= 11 is 0. The first-order valence-electron chi connectivity index (χ1n) is 7.21. The van der Waals surface area contributed by atoms with Crippen LogP contribution in [0, 0.1) is 12.8 Å². The number of rotatable bonds is 5. The highest BCUT2D eigenvalue weighted by Crippen LogP contribution is 2.16. The molecule has 114 valence electrons. The third kappa shape index (κ3) is 3.39. The zero-order chi connectivity index (χ0) is 14.8. The fourth-order valence-corrected chi connectivity index (χ4v) is 3.65. The highest BCUT2D eigenvalue weighted by atomic mass is 32.2. The molecule has 2 atom stereocenters. The molecule has 2 N–H and O–H groups in total. The van der Waals surface area contributed by atoms with Gasteiger partial charge in [-0.2, -0.15) is 0 Å². The lowest BCUT2D eigenvalue weighted by molar-refractivity contribution is 0.300. The van der Waals surface area contributed by atoms with Crippen molar-refractivity contribution in [3.8, 4) is 0 Å². The standard InChI is InChI=1S/C13H24N4O2S/c1-4-17-9-13(16-11(17)3)20(18,19)15-8-12-10(2)6-5-7-14-12/h9-10,12,14-15H,4-8H2,1-3H3. The number of nitrogens with zero attached hydrogens (tertiary/aromatic N) is 2. The Balaban J connectivity index is 2.03. The topological polar surface area (TPSA) is 76.0 Å². The summed E-state index contributed by atoms with van der Waals surface area (Å²) in [6.45, 7) is 8.03. The van der Waals surface area contributed by atoms with E-state index in [0.29, 0.717) is 12.5 Å². The number of aryl methyl sites for hydroxylation is 2. The van der Waals surface area contributed by atoms with E-state index in [1.165, 1.54) is 0 Å². The lowest BCUT2D eigenvalue weighted by atomic mass is 9.93. The Morgan fingerprint density at radius 2 is 2.30 bits per heavy atom. The molecule has 0 saturated carbocycles. The average Bonchev–Trinajstić information content (AvgIpc) is 2.80. The molecule has 1 aromatic rings. The molecule has 2 heterocycles. The smallest absolute Gasteiger partial charge is 0.259 e. The fraction of sp³-hybridized carbons (Fsp3) is 0.769. The van der Waals surface area contributed by atoms with Crippen molar-refractivity contribution in [1.29, 1.82) is 0 Å². The van der Waals surface area contributed by atoms with Gasteiger partial charge in [0.15, 0.2) is 5.03 Å². The lowest BCUT2D eigenvalue weighted by Crippen LogP contribution is -2.47. The van der Waals surface area contributed by atoms with Crippen molar-refractivity contribution < 1.29 is 8.42 Å². The second-order valence-electron chi connectivity index (χ2n) is 5.44. The van der Waals surface area contributed by atoms with Crippen LogP contribution in [0.2, 0.25) is 0 Å². The molecule has 2 rings (SSSR count). The molecule has 7 heteroatoms. The third-order valence-electron chi connectivity index (χ3n) is 3.99. The predicted molar refractivity (Wildman–Crippen MR) is 78.0 cm³/mol. The van der Waals surface area contributed by atoms with Crippen LogP contribution < -0.4 is 10.0 Å². The molecule has 1 aliphatic heterocycles. The molecule has 2 unspecified atom stereocenters. The van der Waals surface area contributed by atoms with Crippen LogP contribution in [0.5, 0.6) is 0 Å². The monoisotopic (exact) mass is 300 g/mol. The first-order valence-corrected chi connectivity index (χ1v) is 8.69. The van der Waals surface area contributed by atoms with E-state index < -0.39 is 10.0 Å². The van der Waals surface area contributed by atoms with Gasteiger partial charge in [0.1, 0.15) is 5.82 Å². The van der Waals surface area contributed by atoms with E-state index in [9.17, 15) is 8.42 Å². The first kappa shape index (κ1) is 15.5. The quantitative estimate of drug-likeness (QED) is 0.846. The lowest BCUT2D eigenvalue weighted by Gasteiger charge is -2.29. The molecule has 1 fully saturated rings. The number of sulfonamides is 1. The maximum atomic E-state index is 12.2. The molecule has 6 nitrogen and oxygen atoms in total. The minimum Gasteiger partial charge on any atom is -0.334 e. The maximum absolute atomic E-state index is 12.2. The fourth-order valence-electron chi connectivity index (χ4n) is 2.59. The van der Waals surface area contributed by atoms with Gasteiger partial charge >= 0.3 is 0 Å². The molecule has 0 radical (unpaired) electrons. The number of hydrogen-bond acceptors (Lipinski definition) is 4. The van der Waals surface area contributed by atoms with Crippen molar-refractivity contribution in [2.45, 2.75) is 51.2 Å². The number of nitrogens with one attached hydrogen (secondary N) is 2. The number of hydrogen-bond donors (Lipinski definition) is 2. The molecule has 20 heavy (non-hydrogen) atoms. The average molecular weight is 300 g/mol. The third-order valence-corrected chi connectivity index (χ3v) is 5.29. The van der Waals surface area contributed by atoms with Gasteiger partial charge in [0.2, 0.25) is 0 Å². The van der Waals surface area contributed by atoms with Crippen LogP contribution in [0.25, 0.3) is 0 Å². The normalized spacial score (nSPS) is 23.9. The van der Waals surface area contributed by atoms with E-state index in [-0.39, 0.29) is 11.1 Å². The van der Waals surface area contributed by atoms with Gasteiger partial charge in [-0.15, -0.1) is 0 Å². The molecular formula is C13H24N4O2S. The Morgan fingerprint density at radius 3 is 2.90 bits per heavy atom. The highest BCUT2D eigenvalue weighted by molar-refractivity contribution is 7.89. The SMILES string of the molecule is CCn1cc(S(=O)(=O)NCC2NCCCC2C)nc1C. The van der Waals surface area contributed by atoms with Crippen molar-refractivity contribution in [3.63, 3.8) is 0 Å². The Morgan fingerprint density at radius 1 is 1.55 bits per heavy atom. The van der Waals surface area contributed by atoms with Crippen LogP contribution in [0.1, 0.15) is 32.5 Å². The predicted octanol–water partition coefficient (Wildman–Crippen LogP) is 0.878. The summed E-state index contributed by atoms with van der Waals surface area (Å²) in [4.78, 5) is 4.13. The van der Waals surface area contributed by atoms with Crippen molar-refractivity contribution in [2.24, 2.45) is 5.92 Å². The summed E-state index contributed by atoms with van der Waals surface area (Å²) in [7, 11) is -3.52. The summed E-state index contributed by atoms with van der Waals surface area (Å²) < 4.78 is 29.0. The molecule has 1 saturated heterocycles. The Labute approximate surface area is 121 Å². The molecule has 0 amide bonds. The van der Waals surface area contributed by atoms with Gasteiger partial charge in [-0.05, 0) is 39.2 Å². The van der Waals surface area contributed by atoms with Gasteiger partial charge < -0.3 is 9.88 Å². The highest BCUT2D eigenvalue weighted by Gasteiger charge is 2.24. The summed E-state index contributed by atoms with van der Waals surface area (Å²) in [6.07, 6.45) is 3.89. The summed E-state index contributed by atoms with van der Waals surface area (Å²) in [5.41, 5.74) is 0. The summed E-state index contributed by atoms with van der Waals surface area (Å²) in [5.74, 6) is 1.21. The van der Waals surface area contributed by atoms with Crippen molar-refractivity contribution in [2.75, 3.05) is 13.1 Å². The van der Waals surface area contributed by atoms with Gasteiger partial charge in [0.05, 0.1) is 0 Å². The van der Waals surface area contributed by atoms with Crippen LogP contribution in [0.4, 0.5) is 0 Å². The minimum atomic E-state index is -3.52. The van der Waals surface area contributed by atoms with Gasteiger partial charge in [-0.1, -0.05) is 6.92 Å². The van der Waals surface area contributed by atoms with E-state index in [1.807, 2.05) is 18.4 Å². The molecular weight excluding hydrogens is 276 g/mol. The van der Waals surface area contributed by atoms with E-state index >= 15 is 0 Å². The van der Waals surface area contributed by atoms with E-state index in [2.05, 4.69) is 21.9 Å². The number of imidazole rings is 1. The Bertz CT molecular complexity index is 553. The van der Waals surface area contributed by atoms with Crippen LogP contribution in [-0.2, 0) is 16.6 Å². The maximum Gasteiger partial charge on any atom is 0.259 e. The van der Waals surface area contributed by atoms with Gasteiger partial charge in [0.25, 0.3) is 10.0 Å². The van der Waals surface area contributed by atoms with Crippen molar-refractivity contribution in [1.82, 2.24) is 19.6 Å². The zero-order valence-electron chi connectivity index (χ0n) is 12.4. The largest absolute Gasteiger partial charge is 0.334 e. The summed E-state index contributed by atoms with van der Waals surface area (Å²) in [6, 6.07) is 0.202. The first-order chi connectivity index (χ1) is 9.44. The van der Waals surface area contributed by atoms with E-state index in [4.69, 9.17) is 0 Å². The van der Waals surface area contributed by atoms with Gasteiger partial charge in [-0.3, -0.25) is 0 Å². The molecule has 0 spiro atoms. The van der Waals surface area contributed by atoms with Crippen LogP contribution >= 0.6 is 0 Å². The Hall–Kier alpha value is -0.920. The number of piperidine rings is 1. The molecule has 0 aromatic carbocycles. The van der Waals surface area contributed by atoms with Crippen LogP contribution in [0.15, 0.2) is 11.2 Å². The second kappa shape index (κ2) is 6.24. The Kier molecular flexibility index (Phi) is 4.82. The van der Waals surface area contributed by atoms with E-state index in [1.54, 1.807) is 6.20 Å².